The summed E-state index contributed by atoms with van der Waals surface area (Å²) >= 11 is 0. The minimum atomic E-state index is -4.61. The molecule has 160 valence electrons. The predicted octanol–water partition coefficient (Wildman–Crippen LogP) is 3.26. The number of alkyl halides is 3. The van der Waals surface area contributed by atoms with E-state index in [1.807, 2.05) is 0 Å². The van der Waals surface area contributed by atoms with Crippen molar-refractivity contribution in [1.29, 1.82) is 0 Å². The number of aliphatic carboxylic acids is 1. The quantitative estimate of drug-likeness (QED) is 0.715. The van der Waals surface area contributed by atoms with Crippen molar-refractivity contribution in [2.75, 3.05) is 16.2 Å². The zero-order chi connectivity index (χ0) is 22.1. The molecule has 2 N–H and O–H groups in total. The van der Waals surface area contributed by atoms with E-state index in [2.05, 4.69) is 4.72 Å². The third-order valence-corrected chi connectivity index (χ3v) is 5.93. The number of nitrogens with one attached hydrogen (secondary N) is 1. The molecule has 1 heterocycles. The number of amides is 1. The zero-order valence-electron chi connectivity index (χ0n) is 15.4. The fourth-order valence-corrected chi connectivity index (χ4v) is 4.23. The van der Waals surface area contributed by atoms with E-state index in [0.717, 1.165) is 12.1 Å². The number of nitrogens with zero attached hydrogens (tertiary/aromatic N) is 1. The first-order valence-electron chi connectivity index (χ1n) is 8.82. The lowest BCUT2D eigenvalue weighted by Gasteiger charge is -2.17. The summed E-state index contributed by atoms with van der Waals surface area (Å²) in [6.45, 7) is 0.290. The Morgan fingerprint density at radius 2 is 1.83 bits per heavy atom. The molecule has 0 atom stereocenters. The van der Waals surface area contributed by atoms with Crippen molar-refractivity contribution in [2.24, 2.45) is 0 Å². The van der Waals surface area contributed by atoms with Crippen molar-refractivity contribution in [3.05, 3.63) is 53.6 Å². The van der Waals surface area contributed by atoms with Gasteiger partial charge in [-0.15, -0.1) is 0 Å². The number of rotatable bonds is 6. The Bertz CT molecular complexity index is 1100. The van der Waals surface area contributed by atoms with E-state index >= 15 is 0 Å². The number of carboxylic acids is 1. The van der Waals surface area contributed by atoms with Crippen molar-refractivity contribution in [3.63, 3.8) is 0 Å². The number of carbonyl (C=O) groups is 2. The third kappa shape index (κ3) is 4.73. The molecule has 2 aromatic carbocycles. The molecule has 0 aliphatic carbocycles. The van der Waals surface area contributed by atoms with Gasteiger partial charge in [-0.05, 0) is 48.4 Å². The van der Waals surface area contributed by atoms with Gasteiger partial charge in [0.05, 0.1) is 16.9 Å². The van der Waals surface area contributed by atoms with Crippen molar-refractivity contribution >= 4 is 33.3 Å². The van der Waals surface area contributed by atoms with Gasteiger partial charge in [-0.3, -0.25) is 14.3 Å². The smallest absolute Gasteiger partial charge is 0.416 e. The highest BCUT2D eigenvalue weighted by atomic mass is 32.2. The van der Waals surface area contributed by atoms with Crippen LogP contribution < -0.4 is 9.62 Å². The Kier molecular flexibility index (Phi) is 5.75. The molecule has 0 aromatic heterocycles. The number of hydrogen-bond donors (Lipinski definition) is 2. The van der Waals surface area contributed by atoms with E-state index in [1.54, 1.807) is 0 Å². The maximum Gasteiger partial charge on any atom is 0.416 e. The van der Waals surface area contributed by atoms with Crippen LogP contribution in [0.4, 0.5) is 24.5 Å². The number of halogens is 3. The average Bonchev–Trinajstić information content (AvgIpc) is 3.08. The summed E-state index contributed by atoms with van der Waals surface area (Å²) in [5.74, 6) is -1.47. The molecular weight excluding hydrogens is 425 g/mol. The highest BCUT2D eigenvalue weighted by Crippen LogP contribution is 2.33. The normalized spacial score (nSPS) is 13.8. The Hall–Kier alpha value is -3.08. The zero-order valence-corrected chi connectivity index (χ0v) is 16.3. The van der Waals surface area contributed by atoms with Gasteiger partial charge in [0.25, 0.3) is 10.0 Å². The van der Waals surface area contributed by atoms with Gasteiger partial charge in [0.15, 0.2) is 0 Å². The summed E-state index contributed by atoms with van der Waals surface area (Å²) < 4.78 is 65.9. The first kappa shape index (κ1) is 21.6. The lowest BCUT2D eigenvalue weighted by molar-refractivity contribution is -0.138. The molecule has 1 amide bonds. The van der Waals surface area contributed by atoms with Crippen molar-refractivity contribution in [2.45, 2.75) is 30.3 Å². The number of sulfonamides is 1. The summed E-state index contributed by atoms with van der Waals surface area (Å²) in [6.07, 6.45) is -4.71. The second kappa shape index (κ2) is 7.98. The van der Waals surface area contributed by atoms with Gasteiger partial charge in [-0.1, -0.05) is 6.07 Å². The van der Waals surface area contributed by atoms with E-state index in [-0.39, 0.29) is 29.3 Å². The number of benzene rings is 2. The molecular formula is C19H17F3N2O5S. The van der Waals surface area contributed by atoms with Gasteiger partial charge in [-0.25, -0.2) is 8.42 Å². The second-order valence-corrected chi connectivity index (χ2v) is 8.35. The highest BCUT2D eigenvalue weighted by Gasteiger charge is 2.31. The maximum absolute atomic E-state index is 12.8. The van der Waals surface area contributed by atoms with Gasteiger partial charge in [0.2, 0.25) is 5.91 Å². The third-order valence-electron chi connectivity index (χ3n) is 4.55. The van der Waals surface area contributed by atoms with Crippen molar-refractivity contribution in [1.82, 2.24) is 0 Å². The number of fused-ring (bicyclic) bond motifs is 1. The maximum atomic E-state index is 12.8. The minimum absolute atomic E-state index is 0.154. The molecule has 1 aliphatic heterocycles. The summed E-state index contributed by atoms with van der Waals surface area (Å²) in [7, 11) is -4.15. The first-order valence-corrected chi connectivity index (χ1v) is 10.3. The van der Waals surface area contributed by atoms with Gasteiger partial charge in [0.1, 0.15) is 0 Å². The van der Waals surface area contributed by atoms with Gasteiger partial charge in [0, 0.05) is 24.3 Å². The number of carboxylic acid groups (broad SMARTS) is 1. The lowest BCUT2D eigenvalue weighted by Crippen LogP contribution is -2.29. The van der Waals surface area contributed by atoms with E-state index in [9.17, 15) is 31.2 Å². The van der Waals surface area contributed by atoms with E-state index in [0.29, 0.717) is 30.3 Å². The summed E-state index contributed by atoms with van der Waals surface area (Å²) in [5.41, 5.74) is -0.142. The van der Waals surface area contributed by atoms with Crippen molar-refractivity contribution < 1.29 is 36.3 Å². The van der Waals surface area contributed by atoms with Crippen LogP contribution in [0.2, 0.25) is 0 Å². The molecule has 0 unspecified atom stereocenters. The Labute approximate surface area is 170 Å². The van der Waals surface area contributed by atoms with Crippen LogP contribution in [0.5, 0.6) is 0 Å². The lowest BCUT2D eigenvalue weighted by atomic mass is 10.2. The fourth-order valence-electron chi connectivity index (χ4n) is 3.13. The predicted molar refractivity (Wildman–Crippen MR) is 102 cm³/mol. The number of hydrogen-bond acceptors (Lipinski definition) is 4. The van der Waals surface area contributed by atoms with Crippen LogP contribution in [-0.4, -0.2) is 31.9 Å². The first-order chi connectivity index (χ1) is 14.0. The molecule has 2 aromatic rings. The molecule has 30 heavy (non-hydrogen) atoms. The van der Waals surface area contributed by atoms with Gasteiger partial charge >= 0.3 is 12.1 Å². The van der Waals surface area contributed by atoms with Crippen LogP contribution in [0.3, 0.4) is 0 Å². The van der Waals surface area contributed by atoms with Crippen molar-refractivity contribution in [3.8, 4) is 0 Å². The fraction of sp³-hybridized carbons (Fsp3) is 0.263. The van der Waals surface area contributed by atoms with Crippen LogP contribution >= 0.6 is 0 Å². The average molecular weight is 442 g/mol. The van der Waals surface area contributed by atoms with Crippen LogP contribution in [-0.2, 0) is 32.2 Å². The summed E-state index contributed by atoms with van der Waals surface area (Å²) in [4.78, 5) is 24.1. The number of carbonyl (C=O) groups excluding carboxylic acids is 1. The Morgan fingerprint density at radius 1 is 1.10 bits per heavy atom. The Balaban J connectivity index is 1.81. The monoisotopic (exact) mass is 442 g/mol. The second-order valence-electron chi connectivity index (χ2n) is 6.66. The van der Waals surface area contributed by atoms with E-state index in [1.165, 1.54) is 29.2 Å². The topological polar surface area (TPSA) is 104 Å². The molecule has 0 radical (unpaired) electrons. The van der Waals surface area contributed by atoms with E-state index < -0.39 is 27.7 Å². The van der Waals surface area contributed by atoms with Gasteiger partial charge < -0.3 is 10.0 Å². The molecule has 0 saturated heterocycles. The Morgan fingerprint density at radius 3 is 2.50 bits per heavy atom. The summed E-state index contributed by atoms with van der Waals surface area (Å²) in [6, 6.07) is 7.89. The summed E-state index contributed by atoms with van der Waals surface area (Å²) in [5, 5.41) is 8.70. The molecule has 7 nitrogen and oxygen atoms in total. The van der Waals surface area contributed by atoms with E-state index in [4.69, 9.17) is 5.11 Å². The molecule has 1 aliphatic rings. The molecule has 3 rings (SSSR count). The highest BCUT2D eigenvalue weighted by molar-refractivity contribution is 7.92. The van der Waals surface area contributed by atoms with Crippen LogP contribution in [0, 0.1) is 0 Å². The number of anilines is 2. The van der Waals surface area contributed by atoms with Crippen LogP contribution in [0.25, 0.3) is 0 Å². The molecule has 0 saturated carbocycles. The molecule has 11 heteroatoms. The minimum Gasteiger partial charge on any atom is -0.481 e. The standard InChI is InChI=1S/C19H17F3N2O5S/c20-19(21,22)13-2-1-3-14(11-13)23-30(28,29)15-4-5-16-12(10-15)8-9-24(16)17(25)6-7-18(26)27/h1-5,10-11,23H,6-9H2,(H,26,27). The SMILES string of the molecule is O=C(O)CCC(=O)N1CCc2cc(S(=O)(=O)Nc3cccc(C(F)(F)F)c3)ccc21. The largest absolute Gasteiger partial charge is 0.481 e. The van der Waals surface area contributed by atoms with Gasteiger partial charge in [-0.2, -0.15) is 13.2 Å². The van der Waals surface area contributed by atoms with Crippen LogP contribution in [0.1, 0.15) is 24.0 Å². The molecule has 0 fully saturated rings. The molecule has 0 spiro atoms. The molecule has 0 bridgehead atoms. The van der Waals surface area contributed by atoms with Crippen LogP contribution in [0.15, 0.2) is 47.4 Å².